The van der Waals surface area contributed by atoms with Crippen LogP contribution in [-0.4, -0.2) is 23.8 Å². The molecule has 2 heteroatoms. The highest BCUT2D eigenvalue weighted by Gasteiger charge is 2.39. The standard InChI is InChI=1S/C15H21NO/c17-15(8-9-15)7-5-12-1-3-13(4-2-12)14-6-10-16-11-14/h1-4,14,16-17H,5-11H2. The summed E-state index contributed by atoms with van der Waals surface area (Å²) in [5.74, 6) is 0.705. The molecule has 1 atom stereocenters. The Hall–Kier alpha value is -0.860. The summed E-state index contributed by atoms with van der Waals surface area (Å²) in [5, 5.41) is 13.2. The molecule has 0 radical (unpaired) electrons. The van der Waals surface area contributed by atoms with E-state index in [1.807, 2.05) is 0 Å². The van der Waals surface area contributed by atoms with Crippen molar-refractivity contribution in [2.24, 2.45) is 0 Å². The van der Waals surface area contributed by atoms with Crippen LogP contribution in [0.25, 0.3) is 0 Å². The first kappa shape index (κ1) is 11.2. The summed E-state index contributed by atoms with van der Waals surface area (Å²) >= 11 is 0. The number of benzene rings is 1. The molecule has 1 saturated heterocycles. The van der Waals surface area contributed by atoms with Gasteiger partial charge in [-0.25, -0.2) is 0 Å². The van der Waals surface area contributed by atoms with Crippen LogP contribution in [0.4, 0.5) is 0 Å². The van der Waals surface area contributed by atoms with Gasteiger partial charge < -0.3 is 10.4 Å². The maximum atomic E-state index is 9.81. The summed E-state index contributed by atoms with van der Waals surface area (Å²) in [6.45, 7) is 2.28. The summed E-state index contributed by atoms with van der Waals surface area (Å²) in [6, 6.07) is 9.01. The van der Waals surface area contributed by atoms with Gasteiger partial charge in [0.2, 0.25) is 0 Å². The molecule has 2 N–H and O–H groups in total. The van der Waals surface area contributed by atoms with Crippen LogP contribution < -0.4 is 5.32 Å². The molecule has 2 aliphatic rings. The SMILES string of the molecule is OC1(CCc2ccc(C3CCNC3)cc2)CC1. The van der Waals surface area contributed by atoms with Crippen molar-refractivity contribution in [1.82, 2.24) is 5.32 Å². The summed E-state index contributed by atoms with van der Waals surface area (Å²) in [6.07, 6.45) is 5.20. The Morgan fingerprint density at radius 2 is 2.00 bits per heavy atom. The molecule has 0 amide bonds. The van der Waals surface area contributed by atoms with E-state index in [-0.39, 0.29) is 5.60 Å². The lowest BCUT2D eigenvalue weighted by atomic mass is 9.96. The second kappa shape index (κ2) is 4.43. The normalized spacial score (nSPS) is 26.1. The Kier molecular flexibility index (Phi) is 2.93. The van der Waals surface area contributed by atoms with Gasteiger partial charge in [0.1, 0.15) is 0 Å². The average molecular weight is 231 g/mol. The molecule has 1 aliphatic heterocycles. The number of aliphatic hydroxyl groups is 1. The van der Waals surface area contributed by atoms with Crippen LogP contribution in [0.15, 0.2) is 24.3 Å². The van der Waals surface area contributed by atoms with Crippen molar-refractivity contribution in [3.63, 3.8) is 0 Å². The number of hydrogen-bond acceptors (Lipinski definition) is 2. The Morgan fingerprint density at radius 3 is 2.59 bits per heavy atom. The molecule has 1 heterocycles. The van der Waals surface area contributed by atoms with Crippen molar-refractivity contribution in [3.8, 4) is 0 Å². The van der Waals surface area contributed by atoms with Crippen molar-refractivity contribution in [2.75, 3.05) is 13.1 Å². The molecule has 1 aromatic carbocycles. The lowest BCUT2D eigenvalue weighted by Gasteiger charge is -2.11. The first-order valence-corrected chi connectivity index (χ1v) is 6.77. The largest absolute Gasteiger partial charge is 0.390 e. The zero-order valence-electron chi connectivity index (χ0n) is 10.3. The fraction of sp³-hybridized carbons (Fsp3) is 0.600. The van der Waals surface area contributed by atoms with Crippen molar-refractivity contribution in [3.05, 3.63) is 35.4 Å². The Labute approximate surface area is 103 Å². The maximum absolute atomic E-state index is 9.81. The molecular formula is C15H21NO. The monoisotopic (exact) mass is 231 g/mol. The van der Waals surface area contributed by atoms with E-state index < -0.39 is 0 Å². The summed E-state index contributed by atoms with van der Waals surface area (Å²) in [4.78, 5) is 0. The molecule has 2 fully saturated rings. The summed E-state index contributed by atoms with van der Waals surface area (Å²) in [7, 11) is 0. The van der Waals surface area contributed by atoms with Crippen molar-refractivity contribution < 1.29 is 5.11 Å². The number of nitrogens with one attached hydrogen (secondary N) is 1. The van der Waals surface area contributed by atoms with E-state index in [2.05, 4.69) is 29.6 Å². The fourth-order valence-corrected chi connectivity index (χ4v) is 2.67. The van der Waals surface area contributed by atoms with E-state index in [1.165, 1.54) is 17.5 Å². The molecule has 0 bridgehead atoms. The van der Waals surface area contributed by atoms with Crippen LogP contribution in [-0.2, 0) is 6.42 Å². The van der Waals surface area contributed by atoms with Crippen LogP contribution in [0.3, 0.4) is 0 Å². The van der Waals surface area contributed by atoms with Gasteiger partial charge in [0.05, 0.1) is 5.60 Å². The maximum Gasteiger partial charge on any atom is 0.0653 e. The van der Waals surface area contributed by atoms with E-state index in [9.17, 15) is 5.11 Å². The number of aryl methyl sites for hydroxylation is 1. The van der Waals surface area contributed by atoms with E-state index in [0.717, 1.165) is 38.8 Å². The van der Waals surface area contributed by atoms with Gasteiger partial charge in [-0.15, -0.1) is 0 Å². The molecule has 1 unspecified atom stereocenters. The van der Waals surface area contributed by atoms with Gasteiger partial charge in [0, 0.05) is 6.54 Å². The van der Waals surface area contributed by atoms with Crippen LogP contribution >= 0.6 is 0 Å². The predicted octanol–water partition coefficient (Wildman–Crippen LogP) is 2.22. The molecule has 0 spiro atoms. The molecule has 92 valence electrons. The lowest BCUT2D eigenvalue weighted by molar-refractivity contribution is 0.140. The van der Waals surface area contributed by atoms with Gasteiger partial charge in [-0.3, -0.25) is 0 Å². The summed E-state index contributed by atoms with van der Waals surface area (Å²) in [5.41, 5.74) is 2.51. The van der Waals surface area contributed by atoms with Gasteiger partial charge in [-0.1, -0.05) is 24.3 Å². The average Bonchev–Trinajstić information content (AvgIpc) is 2.89. The van der Waals surface area contributed by atoms with Crippen LogP contribution in [0.2, 0.25) is 0 Å². The molecule has 17 heavy (non-hydrogen) atoms. The van der Waals surface area contributed by atoms with Crippen LogP contribution in [0.5, 0.6) is 0 Å². The van der Waals surface area contributed by atoms with Gasteiger partial charge in [0.15, 0.2) is 0 Å². The van der Waals surface area contributed by atoms with Crippen molar-refractivity contribution in [1.29, 1.82) is 0 Å². The van der Waals surface area contributed by atoms with Crippen LogP contribution in [0, 0.1) is 0 Å². The van der Waals surface area contributed by atoms with Crippen LogP contribution in [0.1, 0.15) is 42.7 Å². The lowest BCUT2D eigenvalue weighted by Crippen LogP contribution is -2.08. The molecule has 1 aliphatic carbocycles. The zero-order valence-corrected chi connectivity index (χ0v) is 10.3. The minimum Gasteiger partial charge on any atom is -0.390 e. The van der Waals surface area contributed by atoms with E-state index in [0.29, 0.717) is 5.92 Å². The Balaban J connectivity index is 1.59. The third-order valence-electron chi connectivity index (χ3n) is 4.22. The highest BCUT2D eigenvalue weighted by molar-refractivity contribution is 5.26. The molecular weight excluding hydrogens is 210 g/mol. The minimum absolute atomic E-state index is 0.311. The minimum atomic E-state index is -0.311. The second-order valence-corrected chi connectivity index (χ2v) is 5.66. The van der Waals surface area contributed by atoms with E-state index in [1.54, 1.807) is 0 Å². The highest BCUT2D eigenvalue weighted by atomic mass is 16.3. The highest BCUT2D eigenvalue weighted by Crippen LogP contribution is 2.39. The third-order valence-corrected chi connectivity index (χ3v) is 4.22. The second-order valence-electron chi connectivity index (χ2n) is 5.66. The quantitative estimate of drug-likeness (QED) is 0.833. The number of hydrogen-bond donors (Lipinski definition) is 2. The van der Waals surface area contributed by atoms with Gasteiger partial charge in [-0.05, 0) is 55.7 Å². The smallest absolute Gasteiger partial charge is 0.0653 e. The molecule has 3 rings (SSSR count). The first-order valence-electron chi connectivity index (χ1n) is 6.77. The van der Waals surface area contributed by atoms with E-state index >= 15 is 0 Å². The third kappa shape index (κ3) is 2.70. The topological polar surface area (TPSA) is 32.3 Å². The molecule has 0 aromatic heterocycles. The zero-order chi connectivity index (χ0) is 11.7. The number of rotatable bonds is 4. The van der Waals surface area contributed by atoms with Crippen molar-refractivity contribution >= 4 is 0 Å². The first-order chi connectivity index (χ1) is 8.25. The molecule has 1 saturated carbocycles. The van der Waals surface area contributed by atoms with E-state index in [4.69, 9.17) is 0 Å². The Morgan fingerprint density at radius 1 is 1.24 bits per heavy atom. The van der Waals surface area contributed by atoms with Crippen molar-refractivity contribution in [2.45, 2.75) is 43.6 Å². The summed E-state index contributed by atoms with van der Waals surface area (Å²) < 4.78 is 0. The fourth-order valence-electron chi connectivity index (χ4n) is 2.67. The molecule has 2 nitrogen and oxygen atoms in total. The Bertz CT molecular complexity index is 374. The molecule has 1 aromatic rings. The van der Waals surface area contributed by atoms with Gasteiger partial charge in [-0.2, -0.15) is 0 Å². The van der Waals surface area contributed by atoms with Gasteiger partial charge in [0.25, 0.3) is 0 Å². The van der Waals surface area contributed by atoms with Gasteiger partial charge >= 0.3 is 0 Å². The predicted molar refractivity (Wildman–Crippen MR) is 69.2 cm³/mol.